The normalized spacial score (nSPS) is 19.8. The summed E-state index contributed by atoms with van der Waals surface area (Å²) in [5, 5.41) is 3.51. The van der Waals surface area contributed by atoms with Crippen LogP contribution >= 0.6 is 34.8 Å². The van der Waals surface area contributed by atoms with E-state index < -0.39 is 11.8 Å². The van der Waals surface area contributed by atoms with Gasteiger partial charge in [-0.05, 0) is 59.9 Å². The van der Waals surface area contributed by atoms with Gasteiger partial charge in [0.2, 0.25) is 0 Å². The van der Waals surface area contributed by atoms with Crippen LogP contribution in [-0.4, -0.2) is 35.5 Å². The third kappa shape index (κ3) is 6.38. The molecule has 6 nitrogen and oxygen atoms in total. The highest BCUT2D eigenvalue weighted by atomic mass is 35.5. The van der Waals surface area contributed by atoms with E-state index in [1.165, 1.54) is 0 Å². The van der Waals surface area contributed by atoms with E-state index >= 15 is 0 Å². The Morgan fingerprint density at radius 3 is 1.93 bits per heavy atom. The third-order valence-corrected chi connectivity index (χ3v) is 9.21. The Balaban J connectivity index is 1.54. The van der Waals surface area contributed by atoms with Crippen LogP contribution in [0.25, 0.3) is 0 Å². The van der Waals surface area contributed by atoms with Crippen LogP contribution in [0.1, 0.15) is 78.2 Å². The topological polar surface area (TPSA) is 75.7 Å². The van der Waals surface area contributed by atoms with Gasteiger partial charge < -0.3 is 15.0 Å². The molecule has 0 aromatic heterocycles. The molecule has 0 unspecified atom stereocenters. The molecule has 2 aromatic carbocycles. The van der Waals surface area contributed by atoms with Crippen molar-refractivity contribution < 1.29 is 19.1 Å². The molecule has 5 rings (SSSR count). The SMILES string of the molecule is CCCN1C2=C(C(=O)CC(C)(C)C2)C(c2cc(Cl)c(OCC(=O)Nc3ccccc3Cl)c(Cl)c2)C2=C1CC(C)(C)CC2=O. The summed E-state index contributed by atoms with van der Waals surface area (Å²) in [7, 11) is 0. The molecule has 0 saturated heterocycles. The average Bonchev–Trinajstić information content (AvgIpc) is 2.89. The number of carbonyl (C=O) groups is 3. The predicted octanol–water partition coefficient (Wildman–Crippen LogP) is 8.76. The lowest BCUT2D eigenvalue weighted by molar-refractivity contribution is -0.120. The maximum absolute atomic E-state index is 13.9. The first-order valence-corrected chi connectivity index (χ1v) is 15.8. The molecule has 0 spiro atoms. The number of allylic oxidation sites excluding steroid dienone is 4. The first-order chi connectivity index (χ1) is 20.2. The number of rotatable bonds is 7. The number of nitrogens with zero attached hydrogens (tertiary/aromatic N) is 1. The average molecular weight is 644 g/mol. The fourth-order valence-corrected chi connectivity index (χ4v) is 7.44. The molecule has 0 atom stereocenters. The van der Waals surface area contributed by atoms with Gasteiger partial charge in [-0.15, -0.1) is 0 Å². The number of anilines is 1. The second-order valence-corrected chi connectivity index (χ2v) is 14.5. The third-order valence-electron chi connectivity index (χ3n) is 8.32. The van der Waals surface area contributed by atoms with Crippen LogP contribution in [0.3, 0.4) is 0 Å². The van der Waals surface area contributed by atoms with Gasteiger partial charge in [0.25, 0.3) is 5.91 Å². The van der Waals surface area contributed by atoms with Gasteiger partial charge in [-0.25, -0.2) is 0 Å². The van der Waals surface area contributed by atoms with Crippen LogP contribution < -0.4 is 10.1 Å². The maximum Gasteiger partial charge on any atom is 0.262 e. The molecule has 3 aliphatic rings. The molecule has 1 aliphatic heterocycles. The molecule has 0 fully saturated rings. The van der Waals surface area contributed by atoms with Crippen LogP contribution in [0.4, 0.5) is 5.69 Å². The van der Waals surface area contributed by atoms with Crippen molar-refractivity contribution in [3.63, 3.8) is 0 Å². The summed E-state index contributed by atoms with van der Waals surface area (Å²) in [6.07, 6.45) is 3.15. The number of Topliss-reactive ketones (excluding diaryl/α,β-unsaturated/α-hetero) is 2. The van der Waals surface area contributed by atoms with Crippen LogP contribution in [-0.2, 0) is 14.4 Å². The number of nitrogens with one attached hydrogen (secondary N) is 1. The van der Waals surface area contributed by atoms with E-state index in [-0.39, 0.29) is 44.8 Å². The van der Waals surface area contributed by atoms with E-state index in [9.17, 15) is 14.4 Å². The van der Waals surface area contributed by atoms with E-state index in [0.717, 1.165) is 37.2 Å². The Morgan fingerprint density at radius 1 is 0.884 bits per heavy atom. The summed E-state index contributed by atoms with van der Waals surface area (Å²) in [4.78, 5) is 42.7. The number of halogens is 3. The van der Waals surface area contributed by atoms with Gasteiger partial charge in [0.05, 0.1) is 20.8 Å². The summed E-state index contributed by atoms with van der Waals surface area (Å²) in [5.41, 5.74) is 4.07. The summed E-state index contributed by atoms with van der Waals surface area (Å²) < 4.78 is 5.76. The number of carbonyl (C=O) groups excluding carboxylic acids is 3. The fourth-order valence-electron chi connectivity index (χ4n) is 6.65. The molecule has 43 heavy (non-hydrogen) atoms. The summed E-state index contributed by atoms with van der Waals surface area (Å²) in [6.45, 7) is 11.0. The minimum absolute atomic E-state index is 0.0466. The van der Waals surface area contributed by atoms with Gasteiger partial charge in [0.15, 0.2) is 23.9 Å². The highest BCUT2D eigenvalue weighted by molar-refractivity contribution is 6.37. The van der Waals surface area contributed by atoms with Gasteiger partial charge >= 0.3 is 0 Å². The number of amides is 1. The van der Waals surface area contributed by atoms with Crippen molar-refractivity contribution in [2.24, 2.45) is 10.8 Å². The largest absolute Gasteiger partial charge is 0.481 e. The van der Waals surface area contributed by atoms with Crippen molar-refractivity contribution in [3.05, 3.63) is 79.6 Å². The molecule has 2 aromatic rings. The van der Waals surface area contributed by atoms with Crippen LogP contribution in [0.5, 0.6) is 5.75 Å². The number of hydrogen-bond donors (Lipinski definition) is 1. The predicted molar refractivity (Wildman–Crippen MR) is 172 cm³/mol. The highest BCUT2D eigenvalue weighted by Gasteiger charge is 2.49. The first kappa shape index (κ1) is 31.6. The van der Waals surface area contributed by atoms with Gasteiger partial charge in [-0.2, -0.15) is 0 Å². The zero-order valence-electron chi connectivity index (χ0n) is 25.2. The van der Waals surface area contributed by atoms with Crippen molar-refractivity contribution in [1.82, 2.24) is 4.90 Å². The van der Waals surface area contributed by atoms with Crippen LogP contribution in [0.2, 0.25) is 15.1 Å². The van der Waals surface area contributed by atoms with E-state index in [2.05, 4.69) is 44.8 Å². The van der Waals surface area contributed by atoms with Crippen molar-refractivity contribution in [2.45, 2.75) is 72.6 Å². The van der Waals surface area contributed by atoms with Crippen molar-refractivity contribution >= 4 is 58.0 Å². The lowest BCUT2D eigenvalue weighted by Crippen LogP contribution is -2.44. The standard InChI is InChI=1S/C34H37Cl3N2O4/c1-6-11-39-24-14-33(2,3)16-26(40)30(24)29(31-25(39)15-34(4,5)17-27(31)41)19-12-21(36)32(22(37)13-19)43-18-28(42)38-23-10-8-7-9-20(23)35/h7-10,12-13,29H,6,11,14-18H2,1-5H3,(H,38,42). The minimum atomic E-state index is -0.571. The molecule has 9 heteroatoms. The number of para-hydroxylation sites is 1. The van der Waals surface area contributed by atoms with Gasteiger partial charge in [-0.1, -0.05) is 81.6 Å². The van der Waals surface area contributed by atoms with E-state index in [1.54, 1.807) is 36.4 Å². The van der Waals surface area contributed by atoms with Gasteiger partial charge in [-0.3, -0.25) is 14.4 Å². The van der Waals surface area contributed by atoms with Crippen molar-refractivity contribution in [1.29, 1.82) is 0 Å². The number of hydrogen-bond acceptors (Lipinski definition) is 5. The summed E-state index contributed by atoms with van der Waals surface area (Å²) in [5.74, 6) is -0.753. The number of benzene rings is 2. The first-order valence-electron chi connectivity index (χ1n) is 14.7. The van der Waals surface area contributed by atoms with E-state index in [1.807, 2.05) is 0 Å². The fraction of sp³-hybridized carbons (Fsp3) is 0.441. The van der Waals surface area contributed by atoms with Crippen LogP contribution in [0.15, 0.2) is 58.9 Å². The molecule has 0 radical (unpaired) electrons. The Hall–Kier alpha value is -2.80. The molecule has 0 saturated carbocycles. The molecule has 228 valence electrons. The molecule has 1 heterocycles. The Morgan fingerprint density at radius 2 is 1.42 bits per heavy atom. The maximum atomic E-state index is 13.9. The number of ether oxygens (including phenoxy) is 1. The zero-order valence-corrected chi connectivity index (χ0v) is 27.5. The Kier molecular flexibility index (Phi) is 8.78. The monoisotopic (exact) mass is 642 g/mol. The quantitative estimate of drug-likeness (QED) is 0.327. The van der Waals surface area contributed by atoms with E-state index in [4.69, 9.17) is 39.5 Å². The van der Waals surface area contributed by atoms with Gasteiger partial charge in [0, 0.05) is 47.8 Å². The van der Waals surface area contributed by atoms with E-state index in [0.29, 0.717) is 40.3 Å². The summed E-state index contributed by atoms with van der Waals surface area (Å²) >= 11 is 19.6. The molecule has 0 bridgehead atoms. The van der Waals surface area contributed by atoms with Crippen molar-refractivity contribution in [3.8, 4) is 5.75 Å². The lowest BCUT2D eigenvalue weighted by Gasteiger charge is -2.49. The molecular formula is C34H37Cl3N2O4. The van der Waals surface area contributed by atoms with Crippen LogP contribution in [0, 0.1) is 10.8 Å². The Bertz CT molecular complexity index is 1500. The lowest BCUT2D eigenvalue weighted by atomic mass is 9.63. The summed E-state index contributed by atoms with van der Waals surface area (Å²) in [6, 6.07) is 10.3. The smallest absolute Gasteiger partial charge is 0.262 e. The molecular weight excluding hydrogens is 607 g/mol. The molecule has 1 N–H and O–H groups in total. The molecule has 1 amide bonds. The minimum Gasteiger partial charge on any atom is -0.481 e. The van der Waals surface area contributed by atoms with Crippen molar-refractivity contribution in [2.75, 3.05) is 18.5 Å². The second-order valence-electron chi connectivity index (χ2n) is 13.3. The molecule has 2 aliphatic carbocycles. The Labute approximate surface area is 268 Å². The second kappa shape index (κ2) is 11.9. The number of ketones is 2. The highest BCUT2D eigenvalue weighted by Crippen LogP contribution is 2.55. The zero-order chi connectivity index (χ0) is 31.3. The van der Waals surface area contributed by atoms with Gasteiger partial charge in [0.1, 0.15) is 0 Å².